The molecule has 1 aromatic heterocycles. The largest absolute Gasteiger partial charge is 0.481 e. The molecule has 3 rings (SSSR count). The number of anilines is 1. The Kier molecular flexibility index (Phi) is 4.64. The number of carbonyl (C=O) groups is 2. The molecule has 1 amide bonds. The van der Waals surface area contributed by atoms with Crippen molar-refractivity contribution in [3.8, 4) is 0 Å². The second-order valence-electron chi connectivity index (χ2n) is 6.13. The van der Waals surface area contributed by atoms with Gasteiger partial charge in [-0.05, 0) is 43.9 Å². The van der Waals surface area contributed by atoms with Crippen molar-refractivity contribution < 1.29 is 19.2 Å². The number of carboxylic acids is 1. The fraction of sp³-hybridized carbons (Fsp3) is 0.389. The van der Waals surface area contributed by atoms with Gasteiger partial charge < -0.3 is 14.9 Å². The Morgan fingerprint density at radius 3 is 2.83 bits per heavy atom. The molecule has 1 aliphatic rings. The molecule has 24 heavy (non-hydrogen) atoms. The number of hydrogen-bond donors (Lipinski definition) is 2. The highest BCUT2D eigenvalue weighted by Crippen LogP contribution is 2.25. The number of aliphatic carboxylic acids is 1. The van der Waals surface area contributed by atoms with Crippen molar-refractivity contribution >= 4 is 17.6 Å². The molecule has 1 atom stereocenters. The maximum absolute atomic E-state index is 12.5. The smallest absolute Gasteiger partial charge is 0.310 e. The predicted octanol–water partition coefficient (Wildman–Crippen LogP) is 3.38. The summed E-state index contributed by atoms with van der Waals surface area (Å²) in [5.41, 5.74) is 2.43. The Bertz CT molecular complexity index is 766. The molecule has 1 unspecified atom stereocenters. The van der Waals surface area contributed by atoms with Crippen molar-refractivity contribution in [2.24, 2.45) is 0 Å². The standard InChI is InChI=1S/C18H20N2O4/c1-11(18(22)23)12-6-5-7-13(10-12)19-17(21)16-14-8-3-2-4-9-15(14)24-20-16/h5-7,10-11H,2-4,8-9H2,1H3,(H,19,21)(H,22,23). The monoisotopic (exact) mass is 328 g/mol. The molecule has 0 saturated heterocycles. The first-order valence-corrected chi connectivity index (χ1v) is 8.18. The van der Waals surface area contributed by atoms with Gasteiger partial charge in [-0.1, -0.05) is 23.7 Å². The number of rotatable bonds is 4. The fourth-order valence-corrected chi connectivity index (χ4v) is 2.96. The lowest BCUT2D eigenvalue weighted by Crippen LogP contribution is -2.15. The van der Waals surface area contributed by atoms with Gasteiger partial charge in [0.15, 0.2) is 5.69 Å². The molecule has 1 aromatic carbocycles. The Morgan fingerprint density at radius 2 is 2.04 bits per heavy atom. The number of hydrogen-bond acceptors (Lipinski definition) is 4. The van der Waals surface area contributed by atoms with Gasteiger partial charge in [0, 0.05) is 17.7 Å². The minimum absolute atomic E-state index is 0.318. The molecular formula is C18H20N2O4. The summed E-state index contributed by atoms with van der Waals surface area (Å²) >= 11 is 0. The molecular weight excluding hydrogens is 308 g/mol. The molecule has 6 heteroatoms. The van der Waals surface area contributed by atoms with Crippen molar-refractivity contribution in [2.45, 2.75) is 44.9 Å². The Hall–Kier alpha value is -2.63. The van der Waals surface area contributed by atoms with Crippen LogP contribution < -0.4 is 5.32 Å². The first-order chi connectivity index (χ1) is 11.6. The summed E-state index contributed by atoms with van der Waals surface area (Å²) in [6, 6.07) is 6.87. The van der Waals surface area contributed by atoms with Crippen LogP contribution in [0.4, 0.5) is 5.69 Å². The van der Waals surface area contributed by atoms with E-state index < -0.39 is 11.9 Å². The van der Waals surface area contributed by atoms with Gasteiger partial charge in [0.1, 0.15) is 5.76 Å². The molecule has 0 fully saturated rings. The number of carbonyl (C=O) groups excluding carboxylic acids is 1. The van der Waals surface area contributed by atoms with Gasteiger partial charge in [-0.2, -0.15) is 0 Å². The summed E-state index contributed by atoms with van der Waals surface area (Å²) in [7, 11) is 0. The number of benzene rings is 1. The Labute approximate surface area is 139 Å². The van der Waals surface area contributed by atoms with E-state index in [-0.39, 0.29) is 5.91 Å². The van der Waals surface area contributed by atoms with Crippen LogP contribution in [0, 0.1) is 0 Å². The minimum Gasteiger partial charge on any atom is -0.481 e. The van der Waals surface area contributed by atoms with Crippen LogP contribution in [-0.2, 0) is 17.6 Å². The lowest BCUT2D eigenvalue weighted by atomic mass is 10.0. The lowest BCUT2D eigenvalue weighted by Gasteiger charge is -2.09. The summed E-state index contributed by atoms with van der Waals surface area (Å²) in [4.78, 5) is 23.6. The normalized spacial score (nSPS) is 15.2. The van der Waals surface area contributed by atoms with Gasteiger partial charge in [-0.15, -0.1) is 0 Å². The van der Waals surface area contributed by atoms with E-state index in [4.69, 9.17) is 9.63 Å². The lowest BCUT2D eigenvalue weighted by molar-refractivity contribution is -0.138. The van der Waals surface area contributed by atoms with Gasteiger partial charge in [-0.25, -0.2) is 0 Å². The summed E-state index contributed by atoms with van der Waals surface area (Å²) in [6.45, 7) is 1.61. The summed E-state index contributed by atoms with van der Waals surface area (Å²) in [5.74, 6) is -1.04. The quantitative estimate of drug-likeness (QED) is 0.839. The van der Waals surface area contributed by atoms with Gasteiger partial charge in [0.2, 0.25) is 0 Å². The van der Waals surface area contributed by atoms with Crippen molar-refractivity contribution in [1.82, 2.24) is 5.16 Å². The maximum atomic E-state index is 12.5. The number of nitrogens with zero attached hydrogens (tertiary/aromatic N) is 1. The molecule has 0 aliphatic heterocycles. The van der Waals surface area contributed by atoms with E-state index in [0.717, 1.165) is 43.4 Å². The molecule has 126 valence electrons. The van der Waals surface area contributed by atoms with E-state index in [1.54, 1.807) is 31.2 Å². The Balaban J connectivity index is 1.79. The summed E-state index contributed by atoms with van der Waals surface area (Å²) < 4.78 is 5.33. The van der Waals surface area contributed by atoms with E-state index in [2.05, 4.69) is 10.5 Å². The van der Waals surface area contributed by atoms with Crippen LogP contribution in [0.3, 0.4) is 0 Å². The van der Waals surface area contributed by atoms with Crippen molar-refractivity contribution in [3.63, 3.8) is 0 Å². The van der Waals surface area contributed by atoms with Crippen LogP contribution in [0.1, 0.15) is 59.5 Å². The van der Waals surface area contributed by atoms with Crippen LogP contribution in [-0.4, -0.2) is 22.1 Å². The number of aryl methyl sites for hydroxylation is 1. The zero-order valence-electron chi connectivity index (χ0n) is 13.5. The summed E-state index contributed by atoms with van der Waals surface area (Å²) in [5, 5.41) is 15.8. The molecule has 2 N–H and O–H groups in total. The Morgan fingerprint density at radius 1 is 1.25 bits per heavy atom. The zero-order valence-corrected chi connectivity index (χ0v) is 13.5. The highest BCUT2D eigenvalue weighted by atomic mass is 16.5. The molecule has 0 saturated carbocycles. The molecule has 1 heterocycles. The topological polar surface area (TPSA) is 92.4 Å². The summed E-state index contributed by atoms with van der Waals surface area (Å²) in [6.07, 6.45) is 4.83. The molecule has 0 spiro atoms. The molecule has 2 aromatic rings. The maximum Gasteiger partial charge on any atom is 0.310 e. The van der Waals surface area contributed by atoms with Gasteiger partial charge in [0.25, 0.3) is 5.91 Å². The van der Waals surface area contributed by atoms with E-state index in [9.17, 15) is 9.59 Å². The van der Waals surface area contributed by atoms with Crippen molar-refractivity contribution in [2.75, 3.05) is 5.32 Å². The van der Waals surface area contributed by atoms with Gasteiger partial charge in [-0.3, -0.25) is 9.59 Å². The third-order valence-corrected chi connectivity index (χ3v) is 4.43. The second kappa shape index (κ2) is 6.86. The first kappa shape index (κ1) is 16.2. The fourth-order valence-electron chi connectivity index (χ4n) is 2.96. The van der Waals surface area contributed by atoms with Crippen LogP contribution >= 0.6 is 0 Å². The van der Waals surface area contributed by atoms with Crippen LogP contribution in [0.5, 0.6) is 0 Å². The molecule has 0 bridgehead atoms. The van der Waals surface area contributed by atoms with Crippen molar-refractivity contribution in [3.05, 3.63) is 46.8 Å². The molecule has 1 aliphatic carbocycles. The average molecular weight is 328 g/mol. The second-order valence-corrected chi connectivity index (χ2v) is 6.13. The number of amides is 1. The predicted molar refractivity (Wildman–Crippen MR) is 88.2 cm³/mol. The van der Waals surface area contributed by atoms with Crippen LogP contribution in [0.2, 0.25) is 0 Å². The van der Waals surface area contributed by atoms with E-state index >= 15 is 0 Å². The van der Waals surface area contributed by atoms with Crippen LogP contribution in [0.25, 0.3) is 0 Å². The van der Waals surface area contributed by atoms with Crippen LogP contribution in [0.15, 0.2) is 28.8 Å². The average Bonchev–Trinajstić information content (AvgIpc) is 2.83. The number of fused-ring (bicyclic) bond motifs is 1. The van der Waals surface area contributed by atoms with Gasteiger partial charge in [0.05, 0.1) is 5.92 Å². The van der Waals surface area contributed by atoms with Crippen molar-refractivity contribution in [1.29, 1.82) is 0 Å². The molecule has 0 radical (unpaired) electrons. The molecule has 6 nitrogen and oxygen atoms in total. The third-order valence-electron chi connectivity index (χ3n) is 4.43. The minimum atomic E-state index is -0.903. The number of aromatic nitrogens is 1. The van der Waals surface area contributed by atoms with E-state index in [0.29, 0.717) is 16.9 Å². The number of carboxylic acid groups (broad SMARTS) is 1. The number of nitrogens with one attached hydrogen (secondary N) is 1. The first-order valence-electron chi connectivity index (χ1n) is 8.18. The SMILES string of the molecule is CC(C(=O)O)c1cccc(NC(=O)c2noc3c2CCCCC3)c1. The third kappa shape index (κ3) is 3.32. The zero-order chi connectivity index (χ0) is 17.1. The van der Waals surface area contributed by atoms with Gasteiger partial charge >= 0.3 is 5.97 Å². The van der Waals surface area contributed by atoms with E-state index in [1.807, 2.05) is 0 Å². The van der Waals surface area contributed by atoms with E-state index in [1.165, 1.54) is 0 Å². The highest BCUT2D eigenvalue weighted by Gasteiger charge is 2.23. The highest BCUT2D eigenvalue weighted by molar-refractivity contribution is 6.04.